The number of allylic oxidation sites excluding steroid dienone is 11. The molecular weight excluding hydrogens is 571 g/mol. The molecule has 0 aliphatic heterocycles. The Balaban J connectivity index is 0.000000571. The van der Waals surface area contributed by atoms with Crippen LogP contribution in [-0.4, -0.2) is 0 Å². The SMILES string of the molecule is CCC[C-]=C(CCC)C(=[C-]P(=O)(c1ccccc1)c1ccccc1)CCCC.[CH]1C=CC=C1.[CH]1C=CC=C1.[Zr+2]. The second kappa shape index (κ2) is 21.8. The minimum atomic E-state index is -2.98. The Morgan fingerprint density at radius 1 is 0.615 bits per heavy atom. The molecule has 4 rings (SSSR count). The van der Waals surface area contributed by atoms with Crippen molar-refractivity contribution in [2.24, 2.45) is 0 Å². The Hall–Kier alpha value is -2.01. The van der Waals surface area contributed by atoms with Gasteiger partial charge in [0.2, 0.25) is 0 Å². The van der Waals surface area contributed by atoms with Crippen molar-refractivity contribution in [2.75, 3.05) is 0 Å². The molecule has 3 heteroatoms. The van der Waals surface area contributed by atoms with E-state index in [1.165, 1.54) is 5.57 Å². The molecule has 0 saturated carbocycles. The largest absolute Gasteiger partial charge is 2.00 e. The van der Waals surface area contributed by atoms with Crippen LogP contribution in [0.4, 0.5) is 0 Å². The molecule has 0 unspecified atom stereocenters. The maximum atomic E-state index is 14.4. The van der Waals surface area contributed by atoms with Gasteiger partial charge in [-0.25, -0.2) is 0 Å². The Labute approximate surface area is 258 Å². The van der Waals surface area contributed by atoms with Crippen molar-refractivity contribution in [3.05, 3.63) is 145 Å². The van der Waals surface area contributed by atoms with E-state index in [9.17, 15) is 4.57 Å². The fourth-order valence-corrected chi connectivity index (χ4v) is 6.25. The van der Waals surface area contributed by atoms with Crippen molar-refractivity contribution in [1.82, 2.24) is 0 Å². The molecule has 2 aromatic carbocycles. The minimum absolute atomic E-state index is 0. The molecule has 0 heterocycles. The van der Waals surface area contributed by atoms with Crippen LogP contribution in [0.25, 0.3) is 0 Å². The molecule has 0 spiro atoms. The van der Waals surface area contributed by atoms with Gasteiger partial charge in [-0.05, 0) is 0 Å². The van der Waals surface area contributed by atoms with Crippen LogP contribution in [0.5, 0.6) is 0 Å². The first-order valence-electron chi connectivity index (χ1n) is 13.9. The van der Waals surface area contributed by atoms with Crippen molar-refractivity contribution >= 4 is 17.8 Å². The summed E-state index contributed by atoms with van der Waals surface area (Å²) in [7, 11) is -2.98. The van der Waals surface area contributed by atoms with Gasteiger partial charge < -0.3 is 21.8 Å². The van der Waals surface area contributed by atoms with E-state index in [1.54, 1.807) is 0 Å². The Morgan fingerprint density at radius 2 is 1.10 bits per heavy atom. The van der Waals surface area contributed by atoms with Gasteiger partial charge in [-0.15, -0.1) is 19.3 Å². The van der Waals surface area contributed by atoms with Gasteiger partial charge in [0.25, 0.3) is 0 Å². The zero-order valence-corrected chi connectivity index (χ0v) is 27.2. The molecule has 2 radical (unpaired) electrons. The average Bonchev–Trinajstić information content (AvgIpc) is 3.74. The van der Waals surface area contributed by atoms with Crippen LogP contribution < -0.4 is 10.6 Å². The standard InChI is InChI=1S/C26H33OP.2C5H5.Zr/c1-4-7-16-23(15-6-3)24(17-8-5-2)22-28(27,25-18-11-9-12-19-25)26-20-13-10-14-21-26;2*1-2-4-5-3-1;/h9-14,18-21H,4-8,15,17H2,1-3H3;2*1-5H;/q-2;;;+2. The van der Waals surface area contributed by atoms with Crippen molar-refractivity contribution in [1.29, 1.82) is 0 Å². The predicted octanol–water partition coefficient (Wildman–Crippen LogP) is 9.84. The fraction of sp³-hybridized carbons (Fsp3) is 0.278. The second-order valence-electron chi connectivity index (χ2n) is 9.05. The minimum Gasteiger partial charge on any atom is -0.373 e. The van der Waals surface area contributed by atoms with Crippen molar-refractivity contribution in [3.8, 4) is 0 Å². The van der Waals surface area contributed by atoms with Crippen LogP contribution in [0.15, 0.2) is 120 Å². The molecule has 0 amide bonds. The van der Waals surface area contributed by atoms with E-state index in [4.69, 9.17) is 0 Å². The average molecular weight is 614 g/mol. The summed E-state index contributed by atoms with van der Waals surface area (Å²) in [6, 6.07) is 19.7. The Morgan fingerprint density at radius 3 is 1.46 bits per heavy atom. The molecule has 39 heavy (non-hydrogen) atoms. The molecule has 1 nitrogen and oxygen atoms in total. The quantitative estimate of drug-likeness (QED) is 0.140. The molecule has 0 aromatic heterocycles. The van der Waals surface area contributed by atoms with Gasteiger partial charge in [-0.1, -0.05) is 156 Å². The number of unbranched alkanes of at least 4 members (excludes halogenated alkanes) is 2. The zero-order valence-electron chi connectivity index (χ0n) is 23.9. The normalized spacial score (nSPS) is 13.8. The second-order valence-corrected chi connectivity index (χ2v) is 11.5. The maximum absolute atomic E-state index is 14.4. The predicted molar refractivity (Wildman–Crippen MR) is 168 cm³/mol. The van der Waals surface area contributed by atoms with E-state index in [2.05, 4.69) is 32.7 Å². The van der Waals surface area contributed by atoms with E-state index >= 15 is 0 Å². The summed E-state index contributed by atoms with van der Waals surface area (Å²) < 4.78 is 14.4. The van der Waals surface area contributed by atoms with Gasteiger partial charge in [0.15, 0.2) is 0 Å². The fourth-order valence-electron chi connectivity index (χ4n) is 3.89. The monoisotopic (exact) mass is 612 g/mol. The van der Waals surface area contributed by atoms with Crippen molar-refractivity contribution < 1.29 is 30.8 Å². The first-order valence-corrected chi connectivity index (χ1v) is 15.6. The molecule has 2 aliphatic carbocycles. The van der Waals surface area contributed by atoms with Gasteiger partial charge in [0, 0.05) is 23.5 Å². The molecule has 0 bridgehead atoms. The van der Waals surface area contributed by atoms with Gasteiger partial charge in [0.05, 0.1) is 7.14 Å². The van der Waals surface area contributed by atoms with E-state index in [-0.39, 0.29) is 26.2 Å². The number of rotatable bonds is 11. The summed E-state index contributed by atoms with van der Waals surface area (Å²) in [5, 5.41) is 1.70. The Bertz CT molecular complexity index is 1050. The zero-order chi connectivity index (χ0) is 27.3. The molecule has 2 aliphatic rings. The first-order chi connectivity index (χ1) is 18.7. The summed E-state index contributed by atoms with van der Waals surface area (Å²) in [5.74, 6) is 3.56. The Kier molecular flexibility index (Phi) is 19.5. The molecule has 0 fully saturated rings. The van der Waals surface area contributed by atoms with Crippen molar-refractivity contribution in [2.45, 2.75) is 65.7 Å². The molecule has 202 valence electrons. The van der Waals surface area contributed by atoms with E-state index in [0.717, 1.165) is 61.1 Å². The third kappa shape index (κ3) is 13.3. The summed E-state index contributed by atoms with van der Waals surface area (Å²) in [5.41, 5.74) is 2.32. The van der Waals surface area contributed by atoms with Gasteiger partial charge >= 0.3 is 26.2 Å². The molecular formula is C36H43OPZr. The smallest absolute Gasteiger partial charge is 0.373 e. The summed E-state index contributed by atoms with van der Waals surface area (Å²) in [6.45, 7) is 6.57. The van der Waals surface area contributed by atoms with E-state index in [1.807, 2.05) is 122 Å². The van der Waals surface area contributed by atoms with E-state index < -0.39 is 7.14 Å². The molecule has 0 N–H and O–H groups in total. The van der Waals surface area contributed by atoms with Crippen LogP contribution in [0.2, 0.25) is 0 Å². The number of hydrogen-bond acceptors (Lipinski definition) is 1. The summed E-state index contributed by atoms with van der Waals surface area (Å²) >= 11 is 0. The van der Waals surface area contributed by atoms with Crippen LogP contribution in [0.3, 0.4) is 0 Å². The first kappa shape index (κ1) is 35.0. The van der Waals surface area contributed by atoms with Crippen LogP contribution in [0, 0.1) is 24.7 Å². The topological polar surface area (TPSA) is 17.1 Å². The maximum Gasteiger partial charge on any atom is 2.00 e. The third-order valence-electron chi connectivity index (χ3n) is 5.88. The van der Waals surface area contributed by atoms with Gasteiger partial charge in [-0.2, -0.15) is 0 Å². The summed E-state index contributed by atoms with van der Waals surface area (Å²) in [4.78, 5) is 0. The van der Waals surface area contributed by atoms with Crippen LogP contribution in [0.1, 0.15) is 65.7 Å². The van der Waals surface area contributed by atoms with Crippen LogP contribution in [-0.2, 0) is 30.8 Å². The van der Waals surface area contributed by atoms with Gasteiger partial charge in [0.1, 0.15) is 0 Å². The molecule has 2 aromatic rings. The van der Waals surface area contributed by atoms with Crippen molar-refractivity contribution in [3.63, 3.8) is 0 Å². The molecule has 0 atom stereocenters. The van der Waals surface area contributed by atoms with Gasteiger partial charge in [-0.3, -0.25) is 5.82 Å². The van der Waals surface area contributed by atoms with E-state index in [0.29, 0.717) is 0 Å². The third-order valence-corrected chi connectivity index (χ3v) is 8.51. The molecule has 0 saturated heterocycles. The van der Waals surface area contributed by atoms with Crippen LogP contribution >= 0.6 is 7.14 Å². The summed E-state index contributed by atoms with van der Waals surface area (Å²) in [6.07, 6.45) is 30.7. The number of benzene rings is 2. The number of hydrogen-bond donors (Lipinski definition) is 0.